The summed E-state index contributed by atoms with van der Waals surface area (Å²) >= 11 is 5.07. The van der Waals surface area contributed by atoms with Gasteiger partial charge in [0.25, 0.3) is 5.89 Å². The maximum absolute atomic E-state index is 6.29. The topological polar surface area (TPSA) is 64.9 Å². The smallest absolute Gasteiger partial charge is 0.250 e. The minimum Gasteiger partial charge on any atom is -0.335 e. The third-order valence-corrected chi connectivity index (χ3v) is 4.91. The second-order valence-electron chi connectivity index (χ2n) is 4.84. The molecule has 1 aliphatic carbocycles. The molecule has 1 saturated carbocycles. The molecule has 0 unspecified atom stereocenters. The Morgan fingerprint density at radius 2 is 2.16 bits per heavy atom. The van der Waals surface area contributed by atoms with Crippen LogP contribution < -0.4 is 5.73 Å². The van der Waals surface area contributed by atoms with Crippen LogP contribution in [0.1, 0.15) is 43.0 Å². The molecule has 0 bridgehead atoms. The predicted molar refractivity (Wildman–Crippen MR) is 79.6 cm³/mol. The Balaban J connectivity index is 1.76. The molecule has 1 aliphatic rings. The van der Waals surface area contributed by atoms with E-state index in [0.717, 1.165) is 35.0 Å². The molecule has 2 aromatic heterocycles. The van der Waals surface area contributed by atoms with E-state index in [2.05, 4.69) is 31.5 Å². The zero-order valence-electron chi connectivity index (χ0n) is 10.3. The quantitative estimate of drug-likeness (QED) is 0.923. The van der Waals surface area contributed by atoms with Crippen molar-refractivity contribution in [3.63, 3.8) is 0 Å². The third-order valence-electron chi connectivity index (χ3n) is 3.39. The molecule has 6 heteroatoms. The second kappa shape index (κ2) is 5.19. The number of hydrogen-bond acceptors (Lipinski definition) is 5. The van der Waals surface area contributed by atoms with E-state index >= 15 is 0 Å². The van der Waals surface area contributed by atoms with Crippen LogP contribution in [0.25, 0.3) is 12.2 Å². The van der Waals surface area contributed by atoms with Gasteiger partial charge in [-0.25, -0.2) is 0 Å². The molecule has 2 aromatic rings. The fourth-order valence-corrected chi connectivity index (χ4v) is 3.46. The van der Waals surface area contributed by atoms with E-state index in [1.807, 2.05) is 18.2 Å². The highest BCUT2D eigenvalue weighted by Crippen LogP contribution is 2.34. The number of rotatable bonds is 3. The molecule has 100 valence electrons. The largest absolute Gasteiger partial charge is 0.335 e. The number of aromatic nitrogens is 2. The van der Waals surface area contributed by atoms with Gasteiger partial charge in [-0.3, -0.25) is 0 Å². The molecule has 0 saturated heterocycles. The van der Waals surface area contributed by atoms with Crippen molar-refractivity contribution >= 4 is 39.4 Å². The highest BCUT2D eigenvalue weighted by molar-refractivity contribution is 9.11. The number of thiophene rings is 1. The van der Waals surface area contributed by atoms with Crippen LogP contribution >= 0.6 is 27.3 Å². The Labute approximate surface area is 123 Å². The molecule has 19 heavy (non-hydrogen) atoms. The van der Waals surface area contributed by atoms with Crippen LogP contribution in [-0.2, 0) is 5.54 Å². The Morgan fingerprint density at radius 3 is 2.84 bits per heavy atom. The van der Waals surface area contributed by atoms with Gasteiger partial charge in [0.1, 0.15) is 0 Å². The SMILES string of the molecule is NC1(c2noc(/C=C/c3csc(Br)c3)n2)CCCC1. The number of hydrogen-bond donors (Lipinski definition) is 1. The number of halogens is 1. The first kappa shape index (κ1) is 13.0. The van der Waals surface area contributed by atoms with Crippen LogP contribution in [0.4, 0.5) is 0 Å². The van der Waals surface area contributed by atoms with Crippen molar-refractivity contribution in [1.82, 2.24) is 10.1 Å². The summed E-state index contributed by atoms with van der Waals surface area (Å²) in [6.07, 6.45) is 7.93. The normalized spacial score (nSPS) is 18.4. The molecular formula is C13H14BrN3OS. The van der Waals surface area contributed by atoms with Gasteiger partial charge in [0.15, 0.2) is 5.82 Å². The molecule has 0 aromatic carbocycles. The molecular weight excluding hydrogens is 326 g/mol. The summed E-state index contributed by atoms with van der Waals surface area (Å²) in [5, 5.41) is 6.07. The summed E-state index contributed by atoms with van der Waals surface area (Å²) in [6.45, 7) is 0. The maximum Gasteiger partial charge on any atom is 0.250 e. The highest BCUT2D eigenvalue weighted by atomic mass is 79.9. The van der Waals surface area contributed by atoms with E-state index in [1.165, 1.54) is 0 Å². The highest BCUT2D eigenvalue weighted by Gasteiger charge is 2.35. The van der Waals surface area contributed by atoms with Crippen molar-refractivity contribution in [2.45, 2.75) is 31.2 Å². The minimum atomic E-state index is -0.388. The van der Waals surface area contributed by atoms with Crippen LogP contribution in [0.3, 0.4) is 0 Å². The van der Waals surface area contributed by atoms with Gasteiger partial charge in [0.2, 0.25) is 0 Å². The summed E-state index contributed by atoms with van der Waals surface area (Å²) in [4.78, 5) is 4.39. The van der Waals surface area contributed by atoms with Crippen LogP contribution in [0.15, 0.2) is 19.8 Å². The Kier molecular flexibility index (Phi) is 3.56. The molecule has 0 aliphatic heterocycles. The zero-order valence-corrected chi connectivity index (χ0v) is 12.7. The Hall–Kier alpha value is -0.980. The van der Waals surface area contributed by atoms with Gasteiger partial charge < -0.3 is 10.3 Å². The fraction of sp³-hybridized carbons (Fsp3) is 0.385. The van der Waals surface area contributed by atoms with Crippen LogP contribution in [0.5, 0.6) is 0 Å². The molecule has 0 spiro atoms. The Morgan fingerprint density at radius 1 is 1.37 bits per heavy atom. The first-order valence-corrected chi connectivity index (χ1v) is 7.88. The van der Waals surface area contributed by atoms with Gasteiger partial charge in [0, 0.05) is 6.08 Å². The molecule has 0 atom stereocenters. The third kappa shape index (κ3) is 2.80. The average Bonchev–Trinajstić information content (AvgIpc) is 3.08. The standard InChI is InChI=1S/C13H14BrN3OS/c14-10-7-9(8-19-10)3-4-11-16-12(17-18-11)13(15)5-1-2-6-13/h3-4,7-8H,1-2,5-6,15H2/b4-3+. The van der Waals surface area contributed by atoms with E-state index in [0.29, 0.717) is 11.7 Å². The second-order valence-corrected chi connectivity index (χ2v) is 7.13. The van der Waals surface area contributed by atoms with Crippen molar-refractivity contribution in [3.8, 4) is 0 Å². The monoisotopic (exact) mass is 339 g/mol. The molecule has 0 amide bonds. The van der Waals surface area contributed by atoms with Crippen molar-refractivity contribution in [3.05, 3.63) is 32.5 Å². The van der Waals surface area contributed by atoms with Gasteiger partial charge in [0.05, 0.1) is 9.33 Å². The first-order valence-electron chi connectivity index (χ1n) is 6.21. The summed E-state index contributed by atoms with van der Waals surface area (Å²) < 4.78 is 6.34. The van der Waals surface area contributed by atoms with Crippen LogP contribution in [-0.4, -0.2) is 10.1 Å². The van der Waals surface area contributed by atoms with Crippen molar-refractivity contribution in [2.75, 3.05) is 0 Å². The van der Waals surface area contributed by atoms with Gasteiger partial charge in [-0.15, -0.1) is 11.3 Å². The number of nitrogens with zero attached hydrogens (tertiary/aromatic N) is 2. The van der Waals surface area contributed by atoms with Gasteiger partial charge >= 0.3 is 0 Å². The molecule has 2 heterocycles. The van der Waals surface area contributed by atoms with E-state index in [9.17, 15) is 0 Å². The van der Waals surface area contributed by atoms with Crippen molar-refractivity contribution < 1.29 is 4.52 Å². The predicted octanol–water partition coefficient (Wildman–Crippen LogP) is 3.79. The molecule has 2 N–H and O–H groups in total. The summed E-state index contributed by atoms with van der Waals surface area (Å²) in [7, 11) is 0. The average molecular weight is 340 g/mol. The molecule has 3 rings (SSSR count). The molecule has 0 radical (unpaired) electrons. The lowest BCUT2D eigenvalue weighted by atomic mass is 9.99. The van der Waals surface area contributed by atoms with Crippen molar-refractivity contribution in [1.29, 1.82) is 0 Å². The first-order chi connectivity index (χ1) is 9.16. The summed E-state index contributed by atoms with van der Waals surface area (Å²) in [5.74, 6) is 1.14. The molecule has 4 nitrogen and oxygen atoms in total. The van der Waals surface area contributed by atoms with Crippen molar-refractivity contribution in [2.24, 2.45) is 5.73 Å². The van der Waals surface area contributed by atoms with Crippen LogP contribution in [0, 0.1) is 0 Å². The van der Waals surface area contributed by atoms with E-state index in [-0.39, 0.29) is 5.54 Å². The minimum absolute atomic E-state index is 0.388. The zero-order chi connectivity index (χ0) is 13.3. The van der Waals surface area contributed by atoms with Gasteiger partial charge in [-0.2, -0.15) is 4.98 Å². The van der Waals surface area contributed by atoms with Gasteiger partial charge in [-0.05, 0) is 51.9 Å². The van der Waals surface area contributed by atoms with E-state index < -0.39 is 0 Å². The lowest BCUT2D eigenvalue weighted by Gasteiger charge is -2.17. The fourth-order valence-electron chi connectivity index (χ4n) is 2.31. The molecule has 1 fully saturated rings. The lowest BCUT2D eigenvalue weighted by Crippen LogP contribution is -2.34. The number of nitrogens with two attached hydrogens (primary N) is 1. The Bertz CT molecular complexity index is 599. The van der Waals surface area contributed by atoms with E-state index in [4.69, 9.17) is 10.3 Å². The maximum atomic E-state index is 6.29. The lowest BCUT2D eigenvalue weighted by molar-refractivity contribution is 0.364. The van der Waals surface area contributed by atoms with Crippen LogP contribution in [0.2, 0.25) is 0 Å². The van der Waals surface area contributed by atoms with E-state index in [1.54, 1.807) is 11.3 Å². The summed E-state index contributed by atoms with van der Waals surface area (Å²) in [6, 6.07) is 2.04. The van der Waals surface area contributed by atoms with Gasteiger partial charge in [-0.1, -0.05) is 18.0 Å². The summed E-state index contributed by atoms with van der Waals surface area (Å²) in [5.41, 5.74) is 7.01.